The summed E-state index contributed by atoms with van der Waals surface area (Å²) >= 11 is 1.55. The van der Waals surface area contributed by atoms with Crippen molar-refractivity contribution in [2.45, 2.75) is 39.5 Å². The van der Waals surface area contributed by atoms with Gasteiger partial charge in [-0.15, -0.1) is 0 Å². The van der Waals surface area contributed by atoms with Gasteiger partial charge in [-0.2, -0.15) is 4.99 Å². The Bertz CT molecular complexity index is 406. The summed E-state index contributed by atoms with van der Waals surface area (Å²) in [4.78, 5) is 20.5. The predicted octanol–water partition coefficient (Wildman–Crippen LogP) is 3.21. The molecule has 2 rings (SSSR count). The number of fused-ring (bicyclic) bond motifs is 1. The third kappa shape index (κ3) is 3.28. The number of allylic oxidation sites excluding steroid dienone is 1. The van der Waals surface area contributed by atoms with Gasteiger partial charge >= 0.3 is 0 Å². The third-order valence-corrected chi connectivity index (χ3v) is 3.80. The summed E-state index contributed by atoms with van der Waals surface area (Å²) in [6.45, 7) is 4.13. The first-order chi connectivity index (χ1) is 8.16. The molecule has 1 unspecified atom stereocenters. The fraction of sp³-hybridized carbons (Fsp3) is 0.615. The minimum atomic E-state index is -0.00319. The molecule has 0 aromatic heterocycles. The number of hydrogen-bond donors (Lipinski definition) is 0. The standard InChI is InChI=1S/C13H18N2OS/c1-9(2)7-8-17-13-14-11-6-4-3-5-10(11)12(16)15-13/h7,10H,3-6,8H2,1-2H3. The zero-order valence-corrected chi connectivity index (χ0v) is 11.2. The fourth-order valence-electron chi connectivity index (χ4n) is 2.06. The Hall–Kier alpha value is -0.900. The Morgan fingerprint density at radius 2 is 2.24 bits per heavy atom. The van der Waals surface area contributed by atoms with E-state index < -0.39 is 0 Å². The topological polar surface area (TPSA) is 41.8 Å². The number of amides is 1. The molecule has 1 atom stereocenters. The van der Waals surface area contributed by atoms with Crippen molar-refractivity contribution in [3.05, 3.63) is 11.6 Å². The van der Waals surface area contributed by atoms with Crippen LogP contribution in [-0.4, -0.2) is 22.5 Å². The minimum absolute atomic E-state index is 0.00319. The Morgan fingerprint density at radius 1 is 1.41 bits per heavy atom. The van der Waals surface area contributed by atoms with Gasteiger partial charge < -0.3 is 0 Å². The highest BCUT2D eigenvalue weighted by Gasteiger charge is 2.30. The van der Waals surface area contributed by atoms with Gasteiger partial charge in [0.15, 0.2) is 5.17 Å². The predicted molar refractivity (Wildman–Crippen MR) is 73.7 cm³/mol. The smallest absolute Gasteiger partial charge is 0.256 e. The molecule has 1 aliphatic carbocycles. The summed E-state index contributed by atoms with van der Waals surface area (Å²) in [6, 6.07) is 0. The molecule has 0 spiro atoms. The molecule has 4 heteroatoms. The van der Waals surface area contributed by atoms with E-state index >= 15 is 0 Å². The summed E-state index contributed by atoms with van der Waals surface area (Å²) in [7, 11) is 0. The van der Waals surface area contributed by atoms with Gasteiger partial charge in [-0.25, -0.2) is 4.99 Å². The number of carbonyl (C=O) groups excluding carboxylic acids is 1. The lowest BCUT2D eigenvalue weighted by Crippen LogP contribution is -2.30. The van der Waals surface area contributed by atoms with Crippen molar-refractivity contribution in [1.29, 1.82) is 0 Å². The molecule has 17 heavy (non-hydrogen) atoms. The second kappa shape index (κ2) is 5.63. The number of amidine groups is 1. The average Bonchev–Trinajstić information content (AvgIpc) is 2.28. The molecule has 0 aromatic carbocycles. The van der Waals surface area contributed by atoms with Gasteiger partial charge in [0, 0.05) is 11.5 Å². The summed E-state index contributed by atoms with van der Waals surface area (Å²) in [6.07, 6.45) is 6.33. The van der Waals surface area contributed by atoms with Crippen molar-refractivity contribution in [3.8, 4) is 0 Å². The quantitative estimate of drug-likeness (QED) is 0.706. The minimum Gasteiger partial charge on any atom is -0.272 e. The second-order valence-corrected chi connectivity index (χ2v) is 5.71. The van der Waals surface area contributed by atoms with Gasteiger partial charge in [0.2, 0.25) is 0 Å². The highest BCUT2D eigenvalue weighted by Crippen LogP contribution is 2.27. The van der Waals surface area contributed by atoms with Crippen LogP contribution in [0, 0.1) is 5.92 Å². The molecule has 92 valence electrons. The van der Waals surface area contributed by atoms with Crippen LogP contribution in [0.25, 0.3) is 0 Å². The molecule has 1 aliphatic heterocycles. The SMILES string of the molecule is CC(C)=CCSC1=NC(=O)C2CCCCC2=N1. The van der Waals surface area contributed by atoms with Crippen molar-refractivity contribution >= 4 is 28.5 Å². The van der Waals surface area contributed by atoms with Gasteiger partial charge in [0.1, 0.15) is 0 Å². The lowest BCUT2D eigenvalue weighted by Gasteiger charge is -2.24. The monoisotopic (exact) mass is 250 g/mol. The first-order valence-corrected chi connectivity index (χ1v) is 7.11. The van der Waals surface area contributed by atoms with Crippen LogP contribution >= 0.6 is 11.8 Å². The Morgan fingerprint density at radius 3 is 3.00 bits per heavy atom. The van der Waals surface area contributed by atoms with Crippen molar-refractivity contribution in [2.24, 2.45) is 15.9 Å². The second-order valence-electron chi connectivity index (χ2n) is 4.73. The van der Waals surface area contributed by atoms with Gasteiger partial charge in [0.25, 0.3) is 5.91 Å². The fourth-order valence-corrected chi connectivity index (χ4v) is 2.96. The normalized spacial score (nSPS) is 23.6. The first-order valence-electron chi connectivity index (χ1n) is 6.13. The number of thioether (sulfide) groups is 1. The van der Waals surface area contributed by atoms with Crippen LogP contribution in [-0.2, 0) is 4.79 Å². The molecule has 1 heterocycles. The number of rotatable bonds is 2. The van der Waals surface area contributed by atoms with Crippen LogP contribution in [0.4, 0.5) is 0 Å². The van der Waals surface area contributed by atoms with E-state index in [1.165, 1.54) is 5.57 Å². The number of aliphatic imine (C=N–C) groups is 2. The zero-order valence-electron chi connectivity index (χ0n) is 10.4. The molecule has 1 fully saturated rings. The third-order valence-electron chi connectivity index (χ3n) is 3.03. The van der Waals surface area contributed by atoms with Crippen LogP contribution in [0.2, 0.25) is 0 Å². The molecular formula is C13H18N2OS. The molecule has 1 amide bonds. The van der Waals surface area contributed by atoms with Crippen molar-refractivity contribution in [2.75, 3.05) is 5.75 Å². The average molecular weight is 250 g/mol. The highest BCUT2D eigenvalue weighted by atomic mass is 32.2. The number of nitrogens with zero attached hydrogens (tertiary/aromatic N) is 2. The van der Waals surface area contributed by atoms with Crippen molar-refractivity contribution < 1.29 is 4.79 Å². The van der Waals surface area contributed by atoms with Gasteiger partial charge in [-0.1, -0.05) is 29.8 Å². The van der Waals surface area contributed by atoms with Crippen LogP contribution in [0.1, 0.15) is 39.5 Å². The summed E-state index contributed by atoms with van der Waals surface area (Å²) in [5.74, 6) is 0.863. The lowest BCUT2D eigenvalue weighted by atomic mass is 9.86. The van der Waals surface area contributed by atoms with Crippen LogP contribution in [0.15, 0.2) is 21.6 Å². The Balaban J connectivity index is 2.02. The van der Waals surface area contributed by atoms with E-state index in [0.29, 0.717) is 5.17 Å². The van der Waals surface area contributed by atoms with E-state index in [1.54, 1.807) is 11.8 Å². The van der Waals surface area contributed by atoms with E-state index in [9.17, 15) is 4.79 Å². The molecule has 0 N–H and O–H groups in total. The van der Waals surface area contributed by atoms with E-state index in [-0.39, 0.29) is 11.8 Å². The maximum absolute atomic E-state index is 11.8. The zero-order chi connectivity index (χ0) is 12.3. The summed E-state index contributed by atoms with van der Waals surface area (Å²) in [5, 5.41) is 0.653. The van der Waals surface area contributed by atoms with Gasteiger partial charge in [-0.3, -0.25) is 4.79 Å². The Kier molecular flexibility index (Phi) is 4.15. The van der Waals surface area contributed by atoms with Crippen molar-refractivity contribution in [1.82, 2.24) is 0 Å². The summed E-state index contributed by atoms with van der Waals surface area (Å²) in [5.41, 5.74) is 2.35. The van der Waals surface area contributed by atoms with E-state index in [4.69, 9.17) is 0 Å². The number of hydrogen-bond acceptors (Lipinski definition) is 3. The number of carbonyl (C=O) groups is 1. The molecule has 0 bridgehead atoms. The Labute approximate surface area is 106 Å². The van der Waals surface area contributed by atoms with Gasteiger partial charge in [-0.05, 0) is 33.1 Å². The van der Waals surface area contributed by atoms with Crippen molar-refractivity contribution in [3.63, 3.8) is 0 Å². The van der Waals surface area contributed by atoms with Gasteiger partial charge in [0.05, 0.1) is 5.92 Å². The van der Waals surface area contributed by atoms with E-state index in [2.05, 4.69) is 29.9 Å². The lowest BCUT2D eigenvalue weighted by molar-refractivity contribution is -0.120. The molecule has 0 radical (unpaired) electrons. The maximum atomic E-state index is 11.8. The highest BCUT2D eigenvalue weighted by molar-refractivity contribution is 8.14. The molecule has 0 aromatic rings. The molecule has 0 saturated heterocycles. The molecule has 1 saturated carbocycles. The first kappa shape index (κ1) is 12.6. The van der Waals surface area contributed by atoms with Crippen LogP contribution in [0.5, 0.6) is 0 Å². The largest absolute Gasteiger partial charge is 0.272 e. The van der Waals surface area contributed by atoms with Crippen LogP contribution < -0.4 is 0 Å². The molecule has 3 nitrogen and oxygen atoms in total. The molecule has 2 aliphatic rings. The van der Waals surface area contributed by atoms with E-state index in [1.807, 2.05) is 0 Å². The summed E-state index contributed by atoms with van der Waals surface area (Å²) < 4.78 is 0. The van der Waals surface area contributed by atoms with E-state index in [0.717, 1.165) is 37.1 Å². The molecular weight excluding hydrogens is 232 g/mol. The van der Waals surface area contributed by atoms with Crippen LogP contribution in [0.3, 0.4) is 0 Å². The maximum Gasteiger partial charge on any atom is 0.256 e.